The van der Waals surface area contributed by atoms with Gasteiger partial charge in [0.2, 0.25) is 0 Å². The van der Waals surface area contributed by atoms with Crippen molar-refractivity contribution in [1.29, 1.82) is 0 Å². The zero-order valence-corrected chi connectivity index (χ0v) is 7.88. The van der Waals surface area contributed by atoms with Crippen LogP contribution in [0.3, 0.4) is 0 Å². The van der Waals surface area contributed by atoms with Crippen LogP contribution in [-0.4, -0.2) is 0 Å². The molecule has 0 radical (unpaired) electrons. The van der Waals surface area contributed by atoms with Gasteiger partial charge in [-0.15, -0.1) is 0 Å². The summed E-state index contributed by atoms with van der Waals surface area (Å²) in [6.45, 7) is 11.4. The van der Waals surface area contributed by atoms with E-state index in [1.54, 1.807) is 0 Å². The largest absolute Gasteiger partial charge is 0.0984 e. The Morgan fingerprint density at radius 1 is 0.857 bits per heavy atom. The van der Waals surface area contributed by atoms with Gasteiger partial charge in [0.05, 0.1) is 0 Å². The molecule has 0 atom stereocenters. The lowest BCUT2D eigenvalue weighted by molar-refractivity contribution is 1.50. The van der Waals surface area contributed by atoms with Crippen molar-refractivity contribution in [2.75, 3.05) is 0 Å². The van der Waals surface area contributed by atoms with Gasteiger partial charge in [-0.3, -0.25) is 0 Å². The summed E-state index contributed by atoms with van der Waals surface area (Å²) in [5.41, 5.74) is 2.27. The third-order valence-corrected chi connectivity index (χ3v) is 1.44. The summed E-state index contributed by atoms with van der Waals surface area (Å²) < 4.78 is 0. The fourth-order valence-corrected chi connectivity index (χ4v) is 0.883. The maximum Gasteiger partial charge on any atom is -0.0190 e. The van der Waals surface area contributed by atoms with E-state index in [2.05, 4.69) is 13.2 Å². The summed E-state index contributed by atoms with van der Waals surface area (Å²) in [5.74, 6) is 0. The summed E-state index contributed by atoms with van der Waals surface area (Å²) in [7, 11) is 0. The maximum absolute atomic E-state index is 3.69. The van der Waals surface area contributed by atoms with Gasteiger partial charge in [-0.25, -0.2) is 0 Å². The average Bonchev–Trinajstić information content (AvgIpc) is 2.20. The normalized spacial score (nSPS) is 6.71. The van der Waals surface area contributed by atoms with Gasteiger partial charge in [-0.1, -0.05) is 78.3 Å². The van der Waals surface area contributed by atoms with Gasteiger partial charge in [0, 0.05) is 0 Å². The first-order chi connectivity index (χ1) is 5.88. The minimum atomic E-state index is 0. The lowest BCUT2D eigenvalue weighted by Gasteiger charge is -1.96. The predicted molar refractivity (Wildman–Crippen MR) is 71.4 cm³/mol. The molecule has 1 rings (SSSR count). The number of rotatable bonds is 2. The maximum atomic E-state index is 3.69. The van der Waals surface area contributed by atoms with Crippen molar-refractivity contribution < 1.29 is 0 Å². The first kappa shape index (κ1) is 18.5. The molecule has 0 saturated carbocycles. The SMILES string of the molecule is C.C.C=Cc1ccccc1C=C.CC. The van der Waals surface area contributed by atoms with E-state index in [0.29, 0.717) is 0 Å². The molecule has 0 aliphatic heterocycles. The Bertz CT molecular complexity index is 219. The molecule has 0 fully saturated rings. The molecule has 1 aromatic rings. The molecule has 0 aliphatic carbocycles. The van der Waals surface area contributed by atoms with Crippen molar-refractivity contribution in [3.8, 4) is 0 Å². The topological polar surface area (TPSA) is 0 Å². The molecule has 0 amide bonds. The highest BCUT2D eigenvalue weighted by Crippen LogP contribution is 2.10. The molecule has 0 saturated heterocycles. The molecule has 80 valence electrons. The first-order valence-corrected chi connectivity index (χ1v) is 4.22. The molecule has 0 aliphatic rings. The van der Waals surface area contributed by atoms with E-state index in [-0.39, 0.29) is 14.9 Å². The van der Waals surface area contributed by atoms with E-state index in [0.717, 1.165) is 11.1 Å². The van der Waals surface area contributed by atoms with Crippen LogP contribution in [0.4, 0.5) is 0 Å². The standard InChI is InChI=1S/C10H10.C2H6.2CH4/c1-3-9-7-5-6-8-10(9)4-2;1-2;;/h3-8H,1-2H2;1-2H3;2*1H4. The Kier molecular flexibility index (Phi) is 15.4. The van der Waals surface area contributed by atoms with Crippen molar-refractivity contribution >= 4 is 12.2 Å². The fourth-order valence-electron chi connectivity index (χ4n) is 0.883. The van der Waals surface area contributed by atoms with Gasteiger partial charge in [0.1, 0.15) is 0 Å². The summed E-state index contributed by atoms with van der Waals surface area (Å²) >= 11 is 0. The lowest BCUT2D eigenvalue weighted by atomic mass is 10.1. The molecule has 0 bridgehead atoms. The van der Waals surface area contributed by atoms with E-state index in [4.69, 9.17) is 0 Å². The van der Waals surface area contributed by atoms with Crippen LogP contribution in [0.25, 0.3) is 12.2 Å². The molecule has 0 unspecified atom stereocenters. The van der Waals surface area contributed by atoms with Crippen LogP contribution in [-0.2, 0) is 0 Å². The van der Waals surface area contributed by atoms with Crippen LogP contribution in [0, 0.1) is 0 Å². The highest BCUT2D eigenvalue weighted by atomic mass is 13.9. The molecule has 0 heterocycles. The predicted octanol–water partition coefficient (Wildman–Crippen LogP) is 5.27. The van der Waals surface area contributed by atoms with E-state index < -0.39 is 0 Å². The van der Waals surface area contributed by atoms with Crippen molar-refractivity contribution in [2.24, 2.45) is 0 Å². The number of hydrogen-bond donors (Lipinski definition) is 0. The number of benzene rings is 1. The second kappa shape index (κ2) is 11.7. The van der Waals surface area contributed by atoms with Crippen molar-refractivity contribution in [3.05, 3.63) is 48.6 Å². The highest BCUT2D eigenvalue weighted by molar-refractivity contribution is 5.63. The van der Waals surface area contributed by atoms with Crippen molar-refractivity contribution in [2.45, 2.75) is 28.7 Å². The quantitative estimate of drug-likeness (QED) is 0.598. The molecule has 0 heteroatoms. The minimum absolute atomic E-state index is 0. The summed E-state index contributed by atoms with van der Waals surface area (Å²) in [4.78, 5) is 0. The zero-order valence-electron chi connectivity index (χ0n) is 7.88. The summed E-state index contributed by atoms with van der Waals surface area (Å²) in [6, 6.07) is 8.02. The zero-order chi connectivity index (χ0) is 9.40. The van der Waals surface area contributed by atoms with Crippen LogP contribution in [0.15, 0.2) is 37.4 Å². The molecule has 0 nitrogen and oxygen atoms in total. The van der Waals surface area contributed by atoms with Crippen LogP contribution in [0.1, 0.15) is 39.8 Å². The summed E-state index contributed by atoms with van der Waals surface area (Å²) in [5, 5.41) is 0. The lowest BCUT2D eigenvalue weighted by Crippen LogP contribution is -1.76. The Morgan fingerprint density at radius 3 is 1.36 bits per heavy atom. The van der Waals surface area contributed by atoms with Gasteiger partial charge in [-0.05, 0) is 11.1 Å². The molecule has 0 aromatic heterocycles. The van der Waals surface area contributed by atoms with Crippen LogP contribution in [0.5, 0.6) is 0 Å². The van der Waals surface area contributed by atoms with Crippen LogP contribution >= 0.6 is 0 Å². The summed E-state index contributed by atoms with van der Waals surface area (Å²) in [6.07, 6.45) is 3.66. The van der Waals surface area contributed by atoms with Crippen LogP contribution < -0.4 is 0 Å². The molecule has 1 aromatic carbocycles. The molecule has 0 spiro atoms. The van der Waals surface area contributed by atoms with Crippen molar-refractivity contribution in [3.63, 3.8) is 0 Å². The Labute approximate surface area is 90.0 Å². The first-order valence-electron chi connectivity index (χ1n) is 4.22. The minimum Gasteiger partial charge on any atom is -0.0984 e. The van der Waals surface area contributed by atoms with Gasteiger partial charge in [-0.2, -0.15) is 0 Å². The Morgan fingerprint density at radius 2 is 1.14 bits per heavy atom. The second-order valence-corrected chi connectivity index (χ2v) is 2.04. The van der Waals surface area contributed by atoms with E-state index in [1.165, 1.54) is 0 Å². The van der Waals surface area contributed by atoms with Gasteiger partial charge < -0.3 is 0 Å². The van der Waals surface area contributed by atoms with Crippen LogP contribution in [0.2, 0.25) is 0 Å². The smallest absolute Gasteiger partial charge is 0.0190 e. The number of hydrogen-bond acceptors (Lipinski definition) is 0. The average molecular weight is 192 g/mol. The third-order valence-electron chi connectivity index (χ3n) is 1.44. The third kappa shape index (κ3) is 5.36. The second-order valence-electron chi connectivity index (χ2n) is 2.04. The molecular weight excluding hydrogens is 168 g/mol. The molecule has 0 N–H and O–H groups in total. The fraction of sp³-hybridized carbons (Fsp3) is 0.286. The van der Waals surface area contributed by atoms with Gasteiger partial charge in [0.15, 0.2) is 0 Å². The van der Waals surface area contributed by atoms with Crippen molar-refractivity contribution in [1.82, 2.24) is 0 Å². The van der Waals surface area contributed by atoms with Gasteiger partial charge in [0.25, 0.3) is 0 Å². The molecule has 14 heavy (non-hydrogen) atoms. The Balaban J connectivity index is -0.000000284. The van der Waals surface area contributed by atoms with E-state index >= 15 is 0 Å². The monoisotopic (exact) mass is 192 g/mol. The molecular formula is C14H24. The Hall–Kier alpha value is -1.30. The van der Waals surface area contributed by atoms with E-state index in [9.17, 15) is 0 Å². The van der Waals surface area contributed by atoms with E-state index in [1.807, 2.05) is 50.3 Å². The highest BCUT2D eigenvalue weighted by Gasteiger charge is 1.89. The van der Waals surface area contributed by atoms with Gasteiger partial charge >= 0.3 is 0 Å².